The molecule has 0 radical (unpaired) electrons. The minimum absolute atomic E-state index is 0.146. The first-order chi connectivity index (χ1) is 15.8. The highest BCUT2D eigenvalue weighted by molar-refractivity contribution is 7.92. The van der Waals surface area contributed by atoms with Crippen LogP contribution in [0.15, 0.2) is 72.8 Å². The first kappa shape index (κ1) is 24.6. The normalized spacial score (nSPS) is 11.1. The molecule has 0 aromatic heterocycles. The van der Waals surface area contributed by atoms with Crippen molar-refractivity contribution < 1.29 is 17.9 Å². The van der Waals surface area contributed by atoms with E-state index in [4.69, 9.17) is 16.3 Å². The van der Waals surface area contributed by atoms with Gasteiger partial charge < -0.3 is 10.1 Å². The number of carbonyl (C=O) groups excluding carboxylic acids is 1. The Labute approximate surface area is 200 Å². The van der Waals surface area contributed by atoms with E-state index in [0.29, 0.717) is 29.4 Å². The second-order valence-corrected chi connectivity index (χ2v) is 9.89. The first-order valence-electron chi connectivity index (χ1n) is 10.6. The highest BCUT2D eigenvalue weighted by atomic mass is 35.5. The number of hydrogen-bond acceptors (Lipinski definition) is 4. The molecule has 3 rings (SSSR count). The molecule has 0 heterocycles. The number of sulfonamides is 1. The zero-order chi connectivity index (χ0) is 23.8. The molecule has 3 aromatic rings. The van der Waals surface area contributed by atoms with Crippen molar-refractivity contribution in [1.29, 1.82) is 0 Å². The van der Waals surface area contributed by atoms with E-state index < -0.39 is 10.0 Å². The van der Waals surface area contributed by atoms with E-state index in [1.54, 1.807) is 48.5 Å². The molecule has 0 aliphatic rings. The molecule has 0 bridgehead atoms. The van der Waals surface area contributed by atoms with Crippen molar-refractivity contribution in [2.45, 2.75) is 19.9 Å². The van der Waals surface area contributed by atoms with E-state index in [-0.39, 0.29) is 12.5 Å². The van der Waals surface area contributed by atoms with Gasteiger partial charge in [-0.25, -0.2) is 8.42 Å². The molecule has 6 nitrogen and oxygen atoms in total. The number of carbonyl (C=O) groups is 1. The van der Waals surface area contributed by atoms with Crippen molar-refractivity contribution in [3.8, 4) is 5.75 Å². The lowest BCUT2D eigenvalue weighted by Gasteiger charge is -2.22. The zero-order valence-corrected chi connectivity index (χ0v) is 20.2. The lowest BCUT2D eigenvalue weighted by Crippen LogP contribution is -2.29. The molecule has 0 spiro atoms. The predicted molar refractivity (Wildman–Crippen MR) is 133 cm³/mol. The highest BCUT2D eigenvalue weighted by Crippen LogP contribution is 2.23. The molecular formula is C25H27ClN2O4S. The van der Waals surface area contributed by atoms with E-state index in [0.717, 1.165) is 24.0 Å². The van der Waals surface area contributed by atoms with Crippen molar-refractivity contribution in [3.63, 3.8) is 0 Å². The zero-order valence-electron chi connectivity index (χ0n) is 18.6. The Morgan fingerprint density at radius 3 is 2.12 bits per heavy atom. The summed E-state index contributed by atoms with van der Waals surface area (Å²) in [6.07, 6.45) is 2.13. The molecule has 8 heteroatoms. The molecule has 174 valence electrons. The molecule has 0 fully saturated rings. The maximum atomic E-state index is 12.4. The van der Waals surface area contributed by atoms with Crippen molar-refractivity contribution in [2.75, 3.05) is 23.7 Å². The van der Waals surface area contributed by atoms with Gasteiger partial charge in [-0.2, -0.15) is 0 Å². The van der Waals surface area contributed by atoms with Gasteiger partial charge in [0.15, 0.2) is 0 Å². The maximum absolute atomic E-state index is 12.4. The fraction of sp³-hybridized carbons (Fsp3) is 0.240. The van der Waals surface area contributed by atoms with E-state index in [1.807, 2.05) is 24.3 Å². The molecule has 3 aromatic carbocycles. The monoisotopic (exact) mass is 486 g/mol. The number of halogens is 1. The highest BCUT2D eigenvalue weighted by Gasteiger charge is 2.18. The van der Waals surface area contributed by atoms with Gasteiger partial charge in [0, 0.05) is 10.6 Å². The average Bonchev–Trinajstić information content (AvgIpc) is 2.81. The van der Waals surface area contributed by atoms with Crippen molar-refractivity contribution in [1.82, 2.24) is 5.32 Å². The summed E-state index contributed by atoms with van der Waals surface area (Å²) in [5.74, 6) is 0.547. The minimum atomic E-state index is -3.50. The second-order valence-electron chi connectivity index (χ2n) is 7.54. The summed E-state index contributed by atoms with van der Waals surface area (Å²) in [6.45, 7) is 2.97. The topological polar surface area (TPSA) is 75.7 Å². The van der Waals surface area contributed by atoms with Crippen LogP contribution >= 0.6 is 11.6 Å². The molecule has 0 aliphatic heterocycles. The lowest BCUT2D eigenvalue weighted by molar-refractivity contribution is 0.0947. The molecule has 0 atom stereocenters. The van der Waals surface area contributed by atoms with Crippen LogP contribution in [0.2, 0.25) is 5.02 Å². The van der Waals surface area contributed by atoms with E-state index in [9.17, 15) is 13.2 Å². The van der Waals surface area contributed by atoms with E-state index in [1.165, 1.54) is 9.87 Å². The number of ether oxygens (including phenoxy) is 1. The summed E-state index contributed by atoms with van der Waals surface area (Å²) in [5, 5.41) is 3.35. The number of benzene rings is 3. The van der Waals surface area contributed by atoms with Gasteiger partial charge in [0.2, 0.25) is 10.0 Å². The molecule has 0 unspecified atom stereocenters. The number of amides is 1. The smallest absolute Gasteiger partial charge is 0.251 e. The van der Waals surface area contributed by atoms with Gasteiger partial charge in [0.25, 0.3) is 5.91 Å². The summed E-state index contributed by atoms with van der Waals surface area (Å²) in [6, 6.07) is 21.3. The van der Waals surface area contributed by atoms with Crippen LogP contribution in [-0.2, 0) is 23.0 Å². The van der Waals surface area contributed by atoms with Crippen molar-refractivity contribution >= 4 is 33.2 Å². The average molecular weight is 487 g/mol. The summed E-state index contributed by atoms with van der Waals surface area (Å²) in [7, 11) is -3.50. The summed E-state index contributed by atoms with van der Waals surface area (Å²) in [4.78, 5) is 12.4. The van der Waals surface area contributed by atoms with Crippen LogP contribution in [0.25, 0.3) is 0 Å². The summed E-state index contributed by atoms with van der Waals surface area (Å²) >= 11 is 5.91. The Morgan fingerprint density at radius 2 is 1.55 bits per heavy atom. The number of rotatable bonds is 10. The van der Waals surface area contributed by atoms with Crippen LogP contribution in [0.1, 0.15) is 28.4 Å². The van der Waals surface area contributed by atoms with Crippen LogP contribution in [0.5, 0.6) is 5.75 Å². The van der Waals surface area contributed by atoms with Gasteiger partial charge in [-0.3, -0.25) is 9.10 Å². The third kappa shape index (κ3) is 7.23. The van der Waals surface area contributed by atoms with Crippen molar-refractivity contribution in [2.24, 2.45) is 0 Å². The molecule has 33 heavy (non-hydrogen) atoms. The molecule has 1 amide bonds. The molecule has 0 saturated carbocycles. The number of anilines is 1. The predicted octanol–water partition coefficient (Wildman–Crippen LogP) is 4.68. The SMILES string of the molecule is CCc1ccc(OCCNC(=O)c2ccc(CN(c3ccc(Cl)cc3)S(C)(=O)=O)cc2)cc1. The van der Waals surface area contributed by atoms with E-state index >= 15 is 0 Å². The fourth-order valence-corrected chi connectivity index (χ4v) is 4.21. The Morgan fingerprint density at radius 1 is 0.939 bits per heavy atom. The largest absolute Gasteiger partial charge is 0.492 e. The van der Waals surface area contributed by atoms with Gasteiger partial charge >= 0.3 is 0 Å². The lowest BCUT2D eigenvalue weighted by atomic mass is 10.1. The van der Waals surface area contributed by atoms with Gasteiger partial charge in [0.05, 0.1) is 25.0 Å². The summed E-state index contributed by atoms with van der Waals surface area (Å²) in [5.41, 5.74) is 3.01. The van der Waals surface area contributed by atoms with Crippen LogP contribution in [-0.4, -0.2) is 33.7 Å². The Hall–Kier alpha value is -3.03. The van der Waals surface area contributed by atoms with E-state index in [2.05, 4.69) is 12.2 Å². The quantitative estimate of drug-likeness (QED) is 0.422. The molecule has 0 aliphatic carbocycles. The minimum Gasteiger partial charge on any atom is -0.492 e. The van der Waals surface area contributed by atoms with Gasteiger partial charge in [0.1, 0.15) is 12.4 Å². The standard InChI is InChI=1S/C25H27ClN2O4S/c1-3-19-6-14-24(15-7-19)32-17-16-27-25(29)21-8-4-20(5-9-21)18-28(33(2,30)31)23-12-10-22(26)11-13-23/h4-15H,3,16-18H2,1-2H3,(H,27,29). The number of hydrogen-bond donors (Lipinski definition) is 1. The fourth-order valence-electron chi connectivity index (χ4n) is 3.19. The van der Waals surface area contributed by atoms with Gasteiger partial charge in [-0.05, 0) is 66.1 Å². The van der Waals surface area contributed by atoms with Crippen LogP contribution in [0.3, 0.4) is 0 Å². The second kappa shape index (κ2) is 11.2. The van der Waals surface area contributed by atoms with Crippen molar-refractivity contribution in [3.05, 3.63) is 94.5 Å². The Kier molecular flexibility index (Phi) is 8.36. The van der Waals surface area contributed by atoms with Crippen LogP contribution < -0.4 is 14.4 Å². The van der Waals surface area contributed by atoms with Crippen LogP contribution in [0, 0.1) is 0 Å². The molecule has 1 N–H and O–H groups in total. The van der Waals surface area contributed by atoms with Crippen LogP contribution in [0.4, 0.5) is 5.69 Å². The molecule has 0 saturated heterocycles. The summed E-state index contributed by atoms with van der Waals surface area (Å²) < 4.78 is 31.5. The Balaban J connectivity index is 1.54. The third-order valence-corrected chi connectivity index (χ3v) is 6.44. The Bertz CT molecular complexity index is 1160. The van der Waals surface area contributed by atoms with Gasteiger partial charge in [-0.15, -0.1) is 0 Å². The number of nitrogens with one attached hydrogen (secondary N) is 1. The van der Waals surface area contributed by atoms with Gasteiger partial charge in [-0.1, -0.05) is 42.8 Å². The third-order valence-electron chi connectivity index (χ3n) is 5.05. The molecular weight excluding hydrogens is 460 g/mol. The maximum Gasteiger partial charge on any atom is 0.251 e. The number of aryl methyl sites for hydroxylation is 1. The number of nitrogens with zero attached hydrogens (tertiary/aromatic N) is 1. The first-order valence-corrected chi connectivity index (χ1v) is 12.8.